The van der Waals surface area contributed by atoms with E-state index in [1.165, 1.54) is 54.4 Å². The monoisotopic (exact) mass is 322 g/mol. The van der Waals surface area contributed by atoms with Gasteiger partial charge in [-0.25, -0.2) is 0 Å². The summed E-state index contributed by atoms with van der Waals surface area (Å²) in [5.41, 5.74) is 2.87. The molecule has 1 aliphatic heterocycles. The zero-order valence-electron chi connectivity index (χ0n) is 11.7. The molecule has 1 N–H and O–H groups in total. The van der Waals surface area contributed by atoms with Gasteiger partial charge in [-0.3, -0.25) is 0 Å². The smallest absolute Gasteiger partial charge is 0.0425 e. The molecule has 1 aliphatic carbocycles. The number of benzene rings is 1. The van der Waals surface area contributed by atoms with Gasteiger partial charge in [-0.05, 0) is 56.3 Å². The van der Waals surface area contributed by atoms with Crippen LogP contribution >= 0.6 is 15.9 Å². The van der Waals surface area contributed by atoms with E-state index < -0.39 is 0 Å². The Hall–Kier alpha value is -0.540. The second kappa shape index (κ2) is 5.84. The van der Waals surface area contributed by atoms with Gasteiger partial charge in [-0.15, -0.1) is 0 Å². The number of hydrogen-bond donors (Lipinski definition) is 1. The zero-order valence-corrected chi connectivity index (χ0v) is 13.2. The molecule has 0 bridgehead atoms. The largest absolute Gasteiger partial charge is 0.368 e. The second-order valence-corrected chi connectivity index (χ2v) is 6.81. The standard InChI is InChI=1S/C16H23BrN2/c1-18-11-13-7-8-14(17)10-16(13)19-9-3-5-12-4-2-6-15(12)19/h7-8,10,12,15,18H,2-6,9,11H2,1H3. The summed E-state index contributed by atoms with van der Waals surface area (Å²) in [4.78, 5) is 2.69. The molecule has 3 heteroatoms. The normalized spacial score (nSPS) is 26.5. The van der Waals surface area contributed by atoms with Crippen LogP contribution in [0, 0.1) is 5.92 Å². The van der Waals surface area contributed by atoms with Gasteiger partial charge in [-0.2, -0.15) is 0 Å². The molecule has 1 saturated carbocycles. The van der Waals surface area contributed by atoms with Crippen LogP contribution in [0.5, 0.6) is 0 Å². The van der Waals surface area contributed by atoms with Crippen LogP contribution < -0.4 is 10.2 Å². The molecule has 1 aromatic carbocycles. The average Bonchev–Trinajstić information content (AvgIpc) is 2.89. The van der Waals surface area contributed by atoms with Crippen LogP contribution in [-0.4, -0.2) is 19.6 Å². The summed E-state index contributed by atoms with van der Waals surface area (Å²) in [6.07, 6.45) is 7.04. The maximum atomic E-state index is 3.64. The fraction of sp³-hybridized carbons (Fsp3) is 0.625. The highest BCUT2D eigenvalue weighted by Gasteiger charge is 2.35. The van der Waals surface area contributed by atoms with Crippen molar-refractivity contribution >= 4 is 21.6 Å². The maximum Gasteiger partial charge on any atom is 0.0425 e. The first-order chi connectivity index (χ1) is 9.29. The van der Waals surface area contributed by atoms with Crippen LogP contribution in [0.2, 0.25) is 0 Å². The molecule has 3 rings (SSSR count). The number of halogens is 1. The van der Waals surface area contributed by atoms with Crippen molar-refractivity contribution in [3.05, 3.63) is 28.2 Å². The SMILES string of the molecule is CNCc1ccc(Br)cc1N1CCCC2CCCC21. The summed E-state index contributed by atoms with van der Waals surface area (Å²) in [6.45, 7) is 2.19. The van der Waals surface area contributed by atoms with Crippen LogP contribution in [0.4, 0.5) is 5.69 Å². The van der Waals surface area contributed by atoms with Crippen LogP contribution in [-0.2, 0) is 6.54 Å². The lowest BCUT2D eigenvalue weighted by Gasteiger charge is -2.40. The maximum absolute atomic E-state index is 3.64. The van der Waals surface area contributed by atoms with Crippen molar-refractivity contribution in [1.82, 2.24) is 5.32 Å². The van der Waals surface area contributed by atoms with E-state index in [-0.39, 0.29) is 0 Å². The summed E-state index contributed by atoms with van der Waals surface area (Å²) < 4.78 is 1.20. The van der Waals surface area contributed by atoms with Crippen molar-refractivity contribution in [2.45, 2.75) is 44.7 Å². The number of hydrogen-bond acceptors (Lipinski definition) is 2. The first-order valence-corrected chi connectivity index (χ1v) is 8.28. The van der Waals surface area contributed by atoms with Gasteiger partial charge in [0.2, 0.25) is 0 Å². The fourth-order valence-corrected chi connectivity index (χ4v) is 4.25. The third kappa shape index (κ3) is 2.68. The minimum Gasteiger partial charge on any atom is -0.368 e. The average molecular weight is 323 g/mol. The topological polar surface area (TPSA) is 15.3 Å². The molecule has 1 heterocycles. The molecular formula is C16H23BrN2. The Balaban J connectivity index is 1.93. The van der Waals surface area contributed by atoms with Crippen molar-refractivity contribution in [1.29, 1.82) is 0 Å². The predicted molar refractivity (Wildman–Crippen MR) is 84.6 cm³/mol. The quantitative estimate of drug-likeness (QED) is 0.906. The summed E-state index contributed by atoms with van der Waals surface area (Å²) >= 11 is 3.64. The minimum absolute atomic E-state index is 0.790. The van der Waals surface area contributed by atoms with Crippen molar-refractivity contribution in [2.24, 2.45) is 5.92 Å². The number of fused-ring (bicyclic) bond motifs is 1. The highest BCUT2D eigenvalue weighted by atomic mass is 79.9. The van der Waals surface area contributed by atoms with Gasteiger partial charge in [-0.1, -0.05) is 28.4 Å². The van der Waals surface area contributed by atoms with Crippen LogP contribution in [0.25, 0.3) is 0 Å². The Morgan fingerprint density at radius 1 is 1.26 bits per heavy atom. The lowest BCUT2D eigenvalue weighted by Crippen LogP contribution is -2.43. The van der Waals surface area contributed by atoms with Gasteiger partial charge in [0.05, 0.1) is 0 Å². The van der Waals surface area contributed by atoms with E-state index in [9.17, 15) is 0 Å². The molecule has 0 aromatic heterocycles. The molecule has 2 fully saturated rings. The minimum atomic E-state index is 0.790. The van der Waals surface area contributed by atoms with Gasteiger partial charge in [0.1, 0.15) is 0 Å². The van der Waals surface area contributed by atoms with Crippen molar-refractivity contribution in [3.8, 4) is 0 Å². The van der Waals surface area contributed by atoms with Gasteiger partial charge in [0, 0.05) is 29.3 Å². The summed E-state index contributed by atoms with van der Waals surface area (Å²) in [7, 11) is 2.03. The lowest BCUT2D eigenvalue weighted by molar-refractivity contribution is 0.362. The number of piperidine rings is 1. The molecule has 2 unspecified atom stereocenters. The summed E-state index contributed by atoms with van der Waals surface area (Å²) in [5, 5.41) is 3.30. The van der Waals surface area contributed by atoms with Crippen molar-refractivity contribution in [2.75, 3.05) is 18.5 Å². The van der Waals surface area contributed by atoms with E-state index in [0.29, 0.717) is 0 Å². The molecule has 0 spiro atoms. The Kier molecular flexibility index (Phi) is 4.13. The van der Waals surface area contributed by atoms with E-state index in [1.807, 2.05) is 7.05 Å². The van der Waals surface area contributed by atoms with Crippen molar-refractivity contribution in [3.63, 3.8) is 0 Å². The van der Waals surface area contributed by atoms with Gasteiger partial charge in [0.25, 0.3) is 0 Å². The summed E-state index contributed by atoms with van der Waals surface area (Å²) in [6, 6.07) is 7.52. The van der Waals surface area contributed by atoms with Gasteiger partial charge < -0.3 is 10.2 Å². The number of anilines is 1. The molecule has 0 radical (unpaired) electrons. The number of nitrogens with zero attached hydrogens (tertiary/aromatic N) is 1. The third-order valence-corrected chi connectivity index (χ3v) is 5.21. The fourth-order valence-electron chi connectivity index (χ4n) is 3.90. The highest BCUT2D eigenvalue weighted by Crippen LogP contribution is 2.40. The molecule has 1 saturated heterocycles. The molecular weight excluding hydrogens is 300 g/mol. The predicted octanol–water partition coefficient (Wildman–Crippen LogP) is 3.94. The first kappa shape index (κ1) is 13.4. The molecule has 2 atom stereocenters. The number of nitrogens with one attached hydrogen (secondary N) is 1. The van der Waals surface area contributed by atoms with E-state index in [0.717, 1.165) is 18.5 Å². The molecule has 0 amide bonds. The lowest BCUT2D eigenvalue weighted by atomic mass is 9.91. The van der Waals surface area contributed by atoms with Gasteiger partial charge in [0.15, 0.2) is 0 Å². The summed E-state index contributed by atoms with van der Waals surface area (Å²) in [5.74, 6) is 0.940. The third-order valence-electron chi connectivity index (χ3n) is 4.72. The number of rotatable bonds is 3. The molecule has 1 aromatic rings. The Morgan fingerprint density at radius 2 is 2.11 bits per heavy atom. The highest BCUT2D eigenvalue weighted by molar-refractivity contribution is 9.10. The Morgan fingerprint density at radius 3 is 2.95 bits per heavy atom. The van der Waals surface area contributed by atoms with E-state index in [4.69, 9.17) is 0 Å². The molecule has 104 valence electrons. The van der Waals surface area contributed by atoms with Crippen molar-refractivity contribution < 1.29 is 0 Å². The Bertz CT molecular complexity index is 446. The van der Waals surface area contributed by atoms with E-state index >= 15 is 0 Å². The molecule has 2 aliphatic rings. The van der Waals surface area contributed by atoms with E-state index in [1.54, 1.807) is 0 Å². The zero-order chi connectivity index (χ0) is 13.2. The Labute approximate surface area is 124 Å². The van der Waals surface area contributed by atoms with Crippen LogP contribution in [0.3, 0.4) is 0 Å². The van der Waals surface area contributed by atoms with Gasteiger partial charge >= 0.3 is 0 Å². The second-order valence-electron chi connectivity index (χ2n) is 5.90. The molecule has 19 heavy (non-hydrogen) atoms. The first-order valence-electron chi connectivity index (χ1n) is 7.49. The molecule has 2 nitrogen and oxygen atoms in total. The van der Waals surface area contributed by atoms with Crippen LogP contribution in [0.15, 0.2) is 22.7 Å². The van der Waals surface area contributed by atoms with Crippen LogP contribution in [0.1, 0.15) is 37.7 Å². The van der Waals surface area contributed by atoms with E-state index in [2.05, 4.69) is 44.3 Å².